The number of aliphatic carboxylic acids is 1. The second-order valence-corrected chi connectivity index (χ2v) is 7.87. The number of nitrogens with zero attached hydrogens (tertiary/aromatic N) is 3. The van der Waals surface area contributed by atoms with Gasteiger partial charge in [0.05, 0.1) is 17.8 Å². The van der Waals surface area contributed by atoms with Gasteiger partial charge in [0.25, 0.3) is 5.91 Å². The van der Waals surface area contributed by atoms with Gasteiger partial charge in [-0.25, -0.2) is 5.84 Å². The lowest BCUT2D eigenvalue weighted by Crippen LogP contribution is -2.63. The van der Waals surface area contributed by atoms with Crippen LogP contribution in [0.25, 0.3) is 10.8 Å². The normalized spacial score (nSPS) is 17.9. The third-order valence-corrected chi connectivity index (χ3v) is 5.60. The number of rotatable bonds is 9. The molecule has 1 aliphatic rings. The van der Waals surface area contributed by atoms with E-state index in [0.717, 1.165) is 27.3 Å². The first-order chi connectivity index (χ1) is 15.8. The minimum Gasteiger partial charge on any atom is -0.480 e. The van der Waals surface area contributed by atoms with E-state index >= 15 is 0 Å². The maximum absolute atomic E-state index is 13.3. The summed E-state index contributed by atoms with van der Waals surface area (Å²) in [5.74, 6) is 3.40. The van der Waals surface area contributed by atoms with Gasteiger partial charge in [0.1, 0.15) is 12.3 Å². The largest absolute Gasteiger partial charge is 0.480 e. The number of carbonyl (C=O) groups excluding carboxylic acids is 2. The molecule has 2 aromatic rings. The summed E-state index contributed by atoms with van der Waals surface area (Å²) in [6.45, 7) is 5.15. The summed E-state index contributed by atoms with van der Waals surface area (Å²) in [7, 11) is 0. The van der Waals surface area contributed by atoms with E-state index in [1.165, 1.54) is 0 Å². The van der Waals surface area contributed by atoms with Gasteiger partial charge in [-0.2, -0.15) is 0 Å². The van der Waals surface area contributed by atoms with Crippen LogP contribution in [-0.4, -0.2) is 57.3 Å². The van der Waals surface area contributed by atoms with Crippen LogP contribution in [-0.2, 0) is 19.1 Å². The molecule has 0 fully saturated rings. The van der Waals surface area contributed by atoms with Crippen molar-refractivity contribution in [3.05, 3.63) is 47.9 Å². The van der Waals surface area contributed by atoms with Gasteiger partial charge in [-0.3, -0.25) is 24.4 Å². The maximum Gasteiger partial charge on any atom is 0.328 e. The molecular weight excluding hydrogens is 426 g/mol. The Morgan fingerprint density at radius 3 is 2.67 bits per heavy atom. The fraction of sp³-hybridized carbons (Fsp3) is 0.391. The van der Waals surface area contributed by atoms with E-state index in [9.17, 15) is 19.5 Å². The van der Waals surface area contributed by atoms with Crippen LogP contribution in [0.5, 0.6) is 0 Å². The first-order valence-electron chi connectivity index (χ1n) is 10.9. The van der Waals surface area contributed by atoms with Gasteiger partial charge in [-0.15, -0.1) is 5.12 Å². The minimum atomic E-state index is -1.40. The number of hydrazine groups is 2. The molecule has 0 aliphatic carbocycles. The van der Waals surface area contributed by atoms with Crippen LogP contribution in [0.3, 0.4) is 0 Å². The first-order valence-corrected chi connectivity index (χ1v) is 10.9. The number of nitrogens with one attached hydrogen (secondary N) is 1. The summed E-state index contributed by atoms with van der Waals surface area (Å²) in [4.78, 5) is 42.1. The van der Waals surface area contributed by atoms with Crippen LogP contribution >= 0.6 is 0 Å². The number of ether oxygens (including phenoxy) is 1. The number of likely N-dealkylation sites (N-methyl/N-ethyl adjacent to an activating group) is 1. The summed E-state index contributed by atoms with van der Waals surface area (Å²) < 4.78 is 5.43. The summed E-state index contributed by atoms with van der Waals surface area (Å²) in [5, 5.41) is 16.6. The molecule has 0 saturated carbocycles. The predicted octanol–water partition coefficient (Wildman–Crippen LogP) is 2.29. The molecule has 2 heterocycles. The van der Waals surface area contributed by atoms with Crippen molar-refractivity contribution >= 4 is 34.3 Å². The van der Waals surface area contributed by atoms with Crippen molar-refractivity contribution in [1.29, 1.82) is 0 Å². The van der Waals surface area contributed by atoms with Gasteiger partial charge in [-0.1, -0.05) is 44.5 Å². The molecule has 1 aliphatic heterocycles. The number of benzene rings is 1. The Bertz CT molecular complexity index is 1080. The average Bonchev–Trinajstić information content (AvgIpc) is 2.79. The molecule has 10 nitrogen and oxygen atoms in total. The van der Waals surface area contributed by atoms with E-state index in [0.29, 0.717) is 12.1 Å². The van der Waals surface area contributed by atoms with Crippen molar-refractivity contribution < 1.29 is 24.2 Å². The Morgan fingerprint density at radius 2 is 2.00 bits per heavy atom. The Labute approximate surface area is 191 Å². The summed E-state index contributed by atoms with van der Waals surface area (Å²) >= 11 is 0. The average molecular weight is 456 g/mol. The van der Waals surface area contributed by atoms with Gasteiger partial charge in [0, 0.05) is 29.1 Å². The molecule has 1 aromatic carbocycles. The lowest BCUT2D eigenvalue weighted by atomic mass is 10.0. The molecule has 33 heavy (non-hydrogen) atoms. The Morgan fingerprint density at radius 1 is 1.27 bits per heavy atom. The molecule has 0 bridgehead atoms. The third kappa shape index (κ3) is 4.96. The Kier molecular flexibility index (Phi) is 7.62. The first kappa shape index (κ1) is 24.1. The van der Waals surface area contributed by atoms with Crippen molar-refractivity contribution in [2.75, 3.05) is 18.5 Å². The van der Waals surface area contributed by atoms with Crippen molar-refractivity contribution in [1.82, 2.24) is 15.1 Å². The van der Waals surface area contributed by atoms with E-state index < -0.39 is 23.9 Å². The van der Waals surface area contributed by atoms with Gasteiger partial charge in [0.2, 0.25) is 0 Å². The van der Waals surface area contributed by atoms with Crippen molar-refractivity contribution in [2.24, 2.45) is 11.8 Å². The molecule has 0 spiro atoms. The van der Waals surface area contributed by atoms with Crippen LogP contribution in [0.15, 0.2) is 47.9 Å². The molecular formula is C23H29N5O5. The zero-order valence-electron chi connectivity index (χ0n) is 18.9. The number of carboxylic acids is 1. The Balaban J connectivity index is 2.07. The van der Waals surface area contributed by atoms with Gasteiger partial charge in [0.15, 0.2) is 6.04 Å². The lowest BCUT2D eigenvalue weighted by molar-refractivity contribution is -0.165. The van der Waals surface area contributed by atoms with Gasteiger partial charge < -0.3 is 15.2 Å². The minimum absolute atomic E-state index is 0.0000441. The van der Waals surface area contributed by atoms with E-state index in [2.05, 4.69) is 10.3 Å². The molecule has 1 aromatic heterocycles. The fourth-order valence-electron chi connectivity index (χ4n) is 3.85. The van der Waals surface area contributed by atoms with Gasteiger partial charge in [-0.05, 0) is 13.3 Å². The molecule has 0 radical (unpaired) electrons. The topological polar surface area (TPSA) is 138 Å². The molecule has 2 atom stereocenters. The molecule has 1 unspecified atom stereocenters. The second-order valence-electron chi connectivity index (χ2n) is 7.87. The van der Waals surface area contributed by atoms with Crippen LogP contribution in [0.1, 0.15) is 33.6 Å². The molecule has 3 rings (SSSR count). The van der Waals surface area contributed by atoms with Crippen molar-refractivity contribution in [3.8, 4) is 0 Å². The van der Waals surface area contributed by atoms with Crippen LogP contribution < -0.4 is 11.2 Å². The number of pyridine rings is 1. The smallest absolute Gasteiger partial charge is 0.328 e. The SMILES string of the molecule is CCCC(C)C(=O)OCC1=C(Nc2cncc3ccccc23)C(=O)N(CC)N(N)[C@@H]1C(=O)O. The standard InChI is InChI=1S/C23H29N5O5/c1-4-8-14(3)23(32)33-13-17-19(21(29)27(5-2)28(24)20(17)22(30)31)26-18-12-25-11-15-9-6-7-10-16(15)18/h6-7,9-12,14,20,26H,4-5,8,13,24H2,1-3H3,(H,30,31)/t14?,20-/m0/s1. The van der Waals surface area contributed by atoms with E-state index in [1.54, 1.807) is 26.2 Å². The number of carboxylic acid groups (broad SMARTS) is 1. The number of esters is 1. The van der Waals surface area contributed by atoms with E-state index in [-0.39, 0.29) is 30.3 Å². The number of hydrogen-bond donors (Lipinski definition) is 3. The predicted molar refractivity (Wildman–Crippen MR) is 122 cm³/mol. The highest BCUT2D eigenvalue weighted by molar-refractivity contribution is 6.03. The number of amides is 1. The fourth-order valence-corrected chi connectivity index (χ4v) is 3.85. The number of hydrogen-bond acceptors (Lipinski definition) is 8. The van der Waals surface area contributed by atoms with Crippen molar-refractivity contribution in [3.63, 3.8) is 0 Å². The third-order valence-electron chi connectivity index (χ3n) is 5.60. The molecule has 1 amide bonds. The van der Waals surface area contributed by atoms with E-state index in [1.807, 2.05) is 31.2 Å². The zero-order valence-corrected chi connectivity index (χ0v) is 18.9. The highest BCUT2D eigenvalue weighted by Crippen LogP contribution is 2.29. The highest BCUT2D eigenvalue weighted by Gasteiger charge is 2.43. The van der Waals surface area contributed by atoms with Crippen LogP contribution in [0.2, 0.25) is 0 Å². The van der Waals surface area contributed by atoms with Crippen LogP contribution in [0, 0.1) is 5.92 Å². The molecule has 0 saturated heterocycles. The number of carbonyl (C=O) groups is 3. The number of nitrogens with two attached hydrogens (primary N) is 1. The lowest BCUT2D eigenvalue weighted by Gasteiger charge is -2.40. The quantitative estimate of drug-likeness (QED) is 0.384. The summed E-state index contributed by atoms with van der Waals surface area (Å²) in [5.41, 5.74) is 0.579. The number of anilines is 1. The summed E-state index contributed by atoms with van der Waals surface area (Å²) in [6.07, 6.45) is 4.68. The number of aromatic nitrogens is 1. The summed E-state index contributed by atoms with van der Waals surface area (Å²) in [6, 6.07) is 6.06. The van der Waals surface area contributed by atoms with Crippen molar-refractivity contribution in [2.45, 2.75) is 39.7 Å². The van der Waals surface area contributed by atoms with Crippen LogP contribution in [0.4, 0.5) is 5.69 Å². The molecule has 4 N–H and O–H groups in total. The molecule has 176 valence electrons. The second kappa shape index (κ2) is 10.4. The highest BCUT2D eigenvalue weighted by atomic mass is 16.5. The Hall–Kier alpha value is -3.50. The molecule has 10 heteroatoms. The van der Waals surface area contributed by atoms with E-state index in [4.69, 9.17) is 10.6 Å². The monoisotopic (exact) mass is 455 g/mol. The number of fused-ring (bicyclic) bond motifs is 1. The van der Waals surface area contributed by atoms with Gasteiger partial charge >= 0.3 is 11.9 Å². The zero-order chi connectivity index (χ0) is 24.1. The maximum atomic E-state index is 13.3.